The smallest absolute Gasteiger partial charge is 0.153 e. The Labute approximate surface area is 148 Å². The van der Waals surface area contributed by atoms with E-state index >= 15 is 0 Å². The van der Waals surface area contributed by atoms with E-state index in [0.717, 1.165) is 18.8 Å². The average Bonchev–Trinajstić information content (AvgIpc) is 3.08. The van der Waals surface area contributed by atoms with Crippen molar-refractivity contribution >= 4 is 9.84 Å². The first-order valence-electron chi connectivity index (χ1n) is 10.1. The first kappa shape index (κ1) is 18.7. The zero-order valence-corrected chi connectivity index (χ0v) is 16.1. The Hall–Kier alpha value is -0.130. The molecule has 0 aromatic carbocycles. The molecule has 2 heterocycles. The third-order valence-corrected chi connectivity index (χ3v) is 8.17. The molecule has 3 fully saturated rings. The molecule has 0 amide bonds. The number of nitrogens with one attached hydrogen (secondary N) is 1. The van der Waals surface area contributed by atoms with Gasteiger partial charge in [0.05, 0.1) is 17.1 Å². The molecule has 1 N–H and O–H groups in total. The minimum atomic E-state index is -2.89. The fourth-order valence-corrected chi connectivity index (χ4v) is 7.04. The van der Waals surface area contributed by atoms with Crippen LogP contribution in [0.1, 0.15) is 77.6 Å². The molecular weight excluding hydrogens is 322 g/mol. The Balaban J connectivity index is 1.49. The predicted octanol–water partition coefficient (Wildman–Crippen LogP) is 3.45. The topological polar surface area (TPSA) is 55.4 Å². The number of hydrogen-bond acceptors (Lipinski definition) is 4. The first-order valence-corrected chi connectivity index (χ1v) is 11.9. The minimum Gasteiger partial charge on any atom is -0.374 e. The van der Waals surface area contributed by atoms with Gasteiger partial charge in [0.2, 0.25) is 0 Å². The molecule has 4 nitrogen and oxygen atoms in total. The van der Waals surface area contributed by atoms with Crippen molar-refractivity contribution < 1.29 is 13.2 Å². The van der Waals surface area contributed by atoms with E-state index in [4.69, 9.17) is 4.74 Å². The van der Waals surface area contributed by atoms with Crippen molar-refractivity contribution in [3.8, 4) is 0 Å². The van der Waals surface area contributed by atoms with Crippen LogP contribution in [0.3, 0.4) is 0 Å². The van der Waals surface area contributed by atoms with Crippen LogP contribution in [-0.4, -0.2) is 44.2 Å². The van der Waals surface area contributed by atoms with Gasteiger partial charge in [0.1, 0.15) is 0 Å². The fourth-order valence-electron chi connectivity index (χ4n) is 5.07. The van der Waals surface area contributed by atoms with Crippen molar-refractivity contribution in [2.45, 2.75) is 95.2 Å². The van der Waals surface area contributed by atoms with Crippen molar-refractivity contribution in [3.63, 3.8) is 0 Å². The SMILES string of the molecule is CCCCCCC1CCCC1NC1CCOC2(CCS(=O)(=O)C2)C1. The number of rotatable bonds is 7. The lowest BCUT2D eigenvalue weighted by atomic mass is 9.88. The van der Waals surface area contributed by atoms with E-state index in [9.17, 15) is 8.42 Å². The molecule has 0 aromatic rings. The second kappa shape index (κ2) is 8.05. The highest BCUT2D eigenvalue weighted by atomic mass is 32.2. The average molecular weight is 358 g/mol. The quantitative estimate of drug-likeness (QED) is 0.709. The van der Waals surface area contributed by atoms with Gasteiger partial charge in [-0.1, -0.05) is 39.0 Å². The van der Waals surface area contributed by atoms with E-state index in [0.29, 0.717) is 30.9 Å². The Bertz CT molecular complexity index is 507. The summed E-state index contributed by atoms with van der Waals surface area (Å²) < 4.78 is 29.7. The van der Waals surface area contributed by atoms with Crippen LogP contribution in [0.4, 0.5) is 0 Å². The molecule has 0 aromatic heterocycles. The molecule has 0 radical (unpaired) electrons. The van der Waals surface area contributed by atoms with E-state index in [1.165, 1.54) is 51.4 Å². The zero-order chi connectivity index (χ0) is 17.0. The fraction of sp³-hybridized carbons (Fsp3) is 1.00. The maximum Gasteiger partial charge on any atom is 0.153 e. The summed E-state index contributed by atoms with van der Waals surface area (Å²) in [6.07, 6.45) is 13.4. The van der Waals surface area contributed by atoms with Crippen LogP contribution in [-0.2, 0) is 14.6 Å². The van der Waals surface area contributed by atoms with Crippen LogP contribution in [0.15, 0.2) is 0 Å². The Morgan fingerprint density at radius 3 is 2.79 bits per heavy atom. The van der Waals surface area contributed by atoms with Gasteiger partial charge in [0.15, 0.2) is 9.84 Å². The summed E-state index contributed by atoms with van der Waals surface area (Å²) in [7, 11) is -2.89. The molecule has 3 aliphatic rings. The summed E-state index contributed by atoms with van der Waals surface area (Å²) in [5.74, 6) is 1.37. The van der Waals surface area contributed by atoms with Crippen LogP contribution in [0, 0.1) is 5.92 Å². The molecule has 2 saturated heterocycles. The summed E-state index contributed by atoms with van der Waals surface area (Å²) in [6.45, 7) is 2.98. The lowest BCUT2D eigenvalue weighted by Gasteiger charge is -2.39. The van der Waals surface area contributed by atoms with Crippen molar-refractivity contribution in [1.29, 1.82) is 0 Å². The van der Waals surface area contributed by atoms with Gasteiger partial charge in [-0.3, -0.25) is 0 Å². The van der Waals surface area contributed by atoms with E-state index in [1.807, 2.05) is 0 Å². The summed E-state index contributed by atoms with van der Waals surface area (Å²) in [4.78, 5) is 0. The molecule has 140 valence electrons. The molecule has 1 spiro atoms. The number of hydrogen-bond donors (Lipinski definition) is 1. The van der Waals surface area contributed by atoms with Crippen molar-refractivity contribution in [1.82, 2.24) is 5.32 Å². The standard InChI is InChI=1S/C19H35NO3S/c1-2-3-4-5-7-16-8-6-9-18(16)20-17-10-12-23-19(14-17)11-13-24(21,22)15-19/h16-18,20H,2-15H2,1H3. The molecule has 2 aliphatic heterocycles. The summed E-state index contributed by atoms with van der Waals surface area (Å²) in [6, 6.07) is 1.08. The highest BCUT2D eigenvalue weighted by Gasteiger charge is 2.47. The largest absolute Gasteiger partial charge is 0.374 e. The van der Waals surface area contributed by atoms with Gasteiger partial charge in [-0.2, -0.15) is 0 Å². The van der Waals surface area contributed by atoms with Crippen LogP contribution in [0.25, 0.3) is 0 Å². The summed E-state index contributed by atoms with van der Waals surface area (Å²) in [5, 5.41) is 3.91. The van der Waals surface area contributed by atoms with Gasteiger partial charge < -0.3 is 10.1 Å². The van der Waals surface area contributed by atoms with E-state index in [2.05, 4.69) is 12.2 Å². The van der Waals surface area contributed by atoms with Crippen molar-refractivity contribution in [2.24, 2.45) is 5.92 Å². The first-order chi connectivity index (χ1) is 11.5. The highest BCUT2D eigenvalue weighted by Crippen LogP contribution is 2.37. The molecule has 1 saturated carbocycles. The number of ether oxygens (including phenoxy) is 1. The maximum absolute atomic E-state index is 11.9. The van der Waals surface area contributed by atoms with Crippen LogP contribution in [0.5, 0.6) is 0 Å². The third kappa shape index (κ3) is 4.73. The monoisotopic (exact) mass is 357 g/mol. The Morgan fingerprint density at radius 1 is 1.17 bits per heavy atom. The summed E-state index contributed by atoms with van der Waals surface area (Å²) >= 11 is 0. The van der Waals surface area contributed by atoms with Gasteiger partial charge in [-0.05, 0) is 44.4 Å². The molecule has 24 heavy (non-hydrogen) atoms. The van der Waals surface area contributed by atoms with E-state index in [1.54, 1.807) is 0 Å². The molecule has 4 unspecified atom stereocenters. The van der Waals surface area contributed by atoms with Crippen LogP contribution >= 0.6 is 0 Å². The Kier molecular flexibility index (Phi) is 6.25. The number of sulfone groups is 1. The normalized spacial score (nSPS) is 38.8. The molecule has 3 rings (SSSR count). The van der Waals surface area contributed by atoms with E-state index < -0.39 is 9.84 Å². The molecule has 5 heteroatoms. The van der Waals surface area contributed by atoms with Gasteiger partial charge in [0, 0.05) is 18.7 Å². The molecule has 0 bridgehead atoms. The molecule has 1 aliphatic carbocycles. The summed E-state index contributed by atoms with van der Waals surface area (Å²) in [5.41, 5.74) is -0.385. The van der Waals surface area contributed by atoms with Gasteiger partial charge >= 0.3 is 0 Å². The second-order valence-electron chi connectivity index (χ2n) is 8.38. The van der Waals surface area contributed by atoms with Gasteiger partial charge in [-0.15, -0.1) is 0 Å². The van der Waals surface area contributed by atoms with Crippen molar-refractivity contribution in [3.05, 3.63) is 0 Å². The number of unbranched alkanes of at least 4 members (excludes halogenated alkanes) is 3. The molecular formula is C19H35NO3S. The van der Waals surface area contributed by atoms with Gasteiger partial charge in [-0.25, -0.2) is 8.42 Å². The van der Waals surface area contributed by atoms with Crippen LogP contribution < -0.4 is 5.32 Å². The minimum absolute atomic E-state index is 0.239. The lowest BCUT2D eigenvalue weighted by molar-refractivity contribution is -0.0721. The highest BCUT2D eigenvalue weighted by molar-refractivity contribution is 7.91. The lowest BCUT2D eigenvalue weighted by Crippen LogP contribution is -2.51. The van der Waals surface area contributed by atoms with Gasteiger partial charge in [0.25, 0.3) is 0 Å². The van der Waals surface area contributed by atoms with E-state index in [-0.39, 0.29) is 11.4 Å². The third-order valence-electron chi connectivity index (χ3n) is 6.38. The van der Waals surface area contributed by atoms with Crippen molar-refractivity contribution in [2.75, 3.05) is 18.1 Å². The molecule has 4 atom stereocenters. The second-order valence-corrected chi connectivity index (χ2v) is 10.6. The zero-order valence-electron chi connectivity index (χ0n) is 15.3. The van der Waals surface area contributed by atoms with Crippen LogP contribution in [0.2, 0.25) is 0 Å². The maximum atomic E-state index is 11.9. The Morgan fingerprint density at radius 2 is 2.04 bits per heavy atom. The predicted molar refractivity (Wildman–Crippen MR) is 98.0 cm³/mol.